The number of ether oxygens (including phenoxy) is 2. The zero-order valence-corrected chi connectivity index (χ0v) is 14.8. The van der Waals surface area contributed by atoms with Crippen LogP contribution in [0.5, 0.6) is 11.5 Å². The number of carbonyl (C=O) groups excluding carboxylic acids is 1. The average Bonchev–Trinajstić information content (AvgIpc) is 3.22. The number of rotatable bonds is 4. The summed E-state index contributed by atoms with van der Waals surface area (Å²) in [6, 6.07) is 11.3. The summed E-state index contributed by atoms with van der Waals surface area (Å²) in [5.74, 6) is 1.30. The van der Waals surface area contributed by atoms with Crippen molar-refractivity contribution in [1.29, 1.82) is 0 Å². The van der Waals surface area contributed by atoms with E-state index in [1.54, 1.807) is 18.0 Å². The van der Waals surface area contributed by atoms with Crippen molar-refractivity contribution in [1.82, 2.24) is 14.3 Å². The van der Waals surface area contributed by atoms with Crippen LogP contribution in [0, 0.1) is 0 Å². The predicted molar refractivity (Wildman–Crippen MR) is 98.3 cm³/mol. The number of imidazole rings is 1. The fraction of sp³-hybridized carbons (Fsp3) is 0.158. The Kier molecular flexibility index (Phi) is 4.26. The number of hydrogen-bond donors (Lipinski definition) is 0. The van der Waals surface area contributed by atoms with E-state index in [0.29, 0.717) is 23.1 Å². The van der Waals surface area contributed by atoms with Gasteiger partial charge in [-0.1, -0.05) is 23.7 Å². The molecular weight excluding hydrogens is 354 g/mol. The standard InChI is InChI=1S/C19H16ClN3O3/c1-22(11-13-5-7-15-16(10-13)26-12-25-15)18(24)8-6-14-19(20)21-17-4-2-3-9-23(14)17/h2-10H,11-12H2,1H3. The highest BCUT2D eigenvalue weighted by molar-refractivity contribution is 6.31. The third-order valence-electron chi connectivity index (χ3n) is 4.14. The molecule has 1 aliphatic rings. The van der Waals surface area contributed by atoms with Gasteiger partial charge in [-0.3, -0.25) is 9.20 Å². The number of fused-ring (bicyclic) bond motifs is 2. The SMILES string of the molecule is CN(Cc1ccc2c(c1)OCO2)C(=O)C=Cc1c(Cl)nc2ccccn12. The second-order valence-electron chi connectivity index (χ2n) is 5.93. The number of aromatic nitrogens is 2. The molecule has 0 aliphatic carbocycles. The van der Waals surface area contributed by atoms with Crippen molar-refractivity contribution in [2.45, 2.75) is 6.54 Å². The highest BCUT2D eigenvalue weighted by Gasteiger charge is 2.15. The van der Waals surface area contributed by atoms with Crippen LogP contribution in [-0.4, -0.2) is 34.0 Å². The molecule has 6 nitrogen and oxygen atoms in total. The van der Waals surface area contributed by atoms with Crippen LogP contribution in [0.25, 0.3) is 11.7 Å². The maximum absolute atomic E-state index is 12.4. The number of nitrogens with zero attached hydrogens (tertiary/aromatic N) is 3. The number of benzene rings is 1. The zero-order chi connectivity index (χ0) is 18.1. The van der Waals surface area contributed by atoms with E-state index in [2.05, 4.69) is 4.98 Å². The third kappa shape index (κ3) is 3.11. The molecule has 0 bridgehead atoms. The fourth-order valence-corrected chi connectivity index (χ4v) is 3.04. The van der Waals surface area contributed by atoms with Gasteiger partial charge in [0.2, 0.25) is 12.7 Å². The second kappa shape index (κ2) is 6.72. The van der Waals surface area contributed by atoms with Crippen LogP contribution in [0.15, 0.2) is 48.7 Å². The van der Waals surface area contributed by atoms with Crippen LogP contribution >= 0.6 is 11.6 Å². The Bertz CT molecular complexity index is 1010. The third-order valence-corrected chi connectivity index (χ3v) is 4.42. The van der Waals surface area contributed by atoms with Crippen LogP contribution in [0.2, 0.25) is 5.15 Å². The molecule has 4 rings (SSSR count). The summed E-state index contributed by atoms with van der Waals surface area (Å²) >= 11 is 6.18. The maximum atomic E-state index is 12.4. The van der Waals surface area contributed by atoms with Gasteiger partial charge >= 0.3 is 0 Å². The summed E-state index contributed by atoms with van der Waals surface area (Å²) in [7, 11) is 1.74. The molecular formula is C19H16ClN3O3. The molecule has 1 amide bonds. The lowest BCUT2D eigenvalue weighted by Crippen LogP contribution is -2.24. The van der Waals surface area contributed by atoms with Crippen molar-refractivity contribution < 1.29 is 14.3 Å². The van der Waals surface area contributed by atoms with Gasteiger partial charge in [0.05, 0.1) is 5.69 Å². The normalized spacial score (nSPS) is 12.8. The first-order chi connectivity index (χ1) is 12.6. The molecule has 0 radical (unpaired) electrons. The molecule has 0 unspecified atom stereocenters. The highest BCUT2D eigenvalue weighted by atomic mass is 35.5. The van der Waals surface area contributed by atoms with E-state index in [1.165, 1.54) is 6.08 Å². The first-order valence-corrected chi connectivity index (χ1v) is 8.44. The summed E-state index contributed by atoms with van der Waals surface area (Å²) < 4.78 is 12.5. The number of pyridine rings is 1. The van der Waals surface area contributed by atoms with E-state index >= 15 is 0 Å². The lowest BCUT2D eigenvalue weighted by atomic mass is 10.2. The lowest BCUT2D eigenvalue weighted by molar-refractivity contribution is -0.125. The molecule has 7 heteroatoms. The van der Waals surface area contributed by atoms with Gasteiger partial charge < -0.3 is 14.4 Å². The van der Waals surface area contributed by atoms with Gasteiger partial charge in [-0.25, -0.2) is 4.98 Å². The van der Waals surface area contributed by atoms with Gasteiger partial charge in [-0.15, -0.1) is 0 Å². The molecule has 1 aliphatic heterocycles. The van der Waals surface area contributed by atoms with Crippen LogP contribution in [0.4, 0.5) is 0 Å². The van der Waals surface area contributed by atoms with Gasteiger partial charge in [0.1, 0.15) is 5.65 Å². The van der Waals surface area contributed by atoms with Crippen molar-refractivity contribution in [2.24, 2.45) is 0 Å². The van der Waals surface area contributed by atoms with Crippen LogP contribution in [0.3, 0.4) is 0 Å². The lowest BCUT2D eigenvalue weighted by Gasteiger charge is -2.15. The van der Waals surface area contributed by atoms with E-state index in [4.69, 9.17) is 21.1 Å². The van der Waals surface area contributed by atoms with E-state index in [-0.39, 0.29) is 12.7 Å². The van der Waals surface area contributed by atoms with Gasteiger partial charge in [0, 0.05) is 25.9 Å². The predicted octanol–water partition coefficient (Wildman–Crippen LogP) is 3.39. The molecule has 3 aromatic rings. The second-order valence-corrected chi connectivity index (χ2v) is 6.29. The van der Waals surface area contributed by atoms with E-state index in [9.17, 15) is 4.79 Å². The first kappa shape index (κ1) is 16.5. The van der Waals surface area contributed by atoms with Gasteiger partial charge in [-0.2, -0.15) is 0 Å². The minimum absolute atomic E-state index is 0.135. The van der Waals surface area contributed by atoms with Crippen LogP contribution in [-0.2, 0) is 11.3 Å². The molecule has 2 aromatic heterocycles. The van der Waals surface area contributed by atoms with E-state index in [0.717, 1.165) is 17.0 Å². The fourth-order valence-electron chi connectivity index (χ4n) is 2.80. The number of likely N-dealkylation sites (N-methyl/N-ethyl adjacent to an activating group) is 1. The van der Waals surface area contributed by atoms with Crippen molar-refractivity contribution in [3.05, 3.63) is 65.1 Å². The minimum Gasteiger partial charge on any atom is -0.454 e. The van der Waals surface area contributed by atoms with Crippen molar-refractivity contribution in [3.8, 4) is 11.5 Å². The Morgan fingerprint density at radius 2 is 2.15 bits per heavy atom. The molecule has 0 saturated carbocycles. The zero-order valence-electron chi connectivity index (χ0n) is 14.1. The van der Waals surface area contributed by atoms with Crippen LogP contribution < -0.4 is 9.47 Å². The largest absolute Gasteiger partial charge is 0.454 e. The first-order valence-electron chi connectivity index (χ1n) is 8.06. The smallest absolute Gasteiger partial charge is 0.246 e. The summed E-state index contributed by atoms with van der Waals surface area (Å²) in [5, 5.41) is 0.360. The Morgan fingerprint density at radius 1 is 1.31 bits per heavy atom. The number of hydrogen-bond acceptors (Lipinski definition) is 4. The Hall–Kier alpha value is -2.99. The maximum Gasteiger partial charge on any atom is 0.246 e. The molecule has 132 valence electrons. The van der Waals surface area contributed by atoms with Crippen LogP contribution in [0.1, 0.15) is 11.3 Å². The molecule has 1 aromatic carbocycles. The Balaban J connectivity index is 1.48. The van der Waals surface area contributed by atoms with E-state index < -0.39 is 0 Å². The quantitative estimate of drug-likeness (QED) is 0.661. The summed E-state index contributed by atoms with van der Waals surface area (Å²) in [6.07, 6.45) is 5.03. The molecule has 0 fully saturated rings. The molecule has 0 spiro atoms. The summed E-state index contributed by atoms with van der Waals surface area (Å²) in [5.41, 5.74) is 2.37. The molecule has 0 N–H and O–H groups in total. The summed E-state index contributed by atoms with van der Waals surface area (Å²) in [4.78, 5) is 18.3. The highest BCUT2D eigenvalue weighted by Crippen LogP contribution is 2.32. The van der Waals surface area contributed by atoms with Crippen molar-refractivity contribution in [2.75, 3.05) is 13.8 Å². The molecule has 0 saturated heterocycles. The number of carbonyl (C=O) groups is 1. The van der Waals surface area contributed by atoms with Gasteiger partial charge in [0.25, 0.3) is 0 Å². The van der Waals surface area contributed by atoms with Gasteiger partial charge in [0.15, 0.2) is 16.7 Å². The van der Waals surface area contributed by atoms with Crippen molar-refractivity contribution >= 4 is 29.2 Å². The average molecular weight is 370 g/mol. The van der Waals surface area contributed by atoms with E-state index in [1.807, 2.05) is 47.0 Å². The monoisotopic (exact) mass is 369 g/mol. The summed E-state index contributed by atoms with van der Waals surface area (Å²) in [6.45, 7) is 0.692. The number of halogens is 1. The topological polar surface area (TPSA) is 56.1 Å². The minimum atomic E-state index is -0.135. The van der Waals surface area contributed by atoms with Gasteiger partial charge in [-0.05, 0) is 35.9 Å². The Labute approximate surface area is 155 Å². The number of amides is 1. The van der Waals surface area contributed by atoms with Crippen molar-refractivity contribution in [3.63, 3.8) is 0 Å². The molecule has 26 heavy (non-hydrogen) atoms. The molecule has 0 atom stereocenters. The Morgan fingerprint density at radius 3 is 3.04 bits per heavy atom. The molecule has 3 heterocycles.